The maximum atomic E-state index is 12.7. The molecule has 0 unspecified atom stereocenters. The predicted molar refractivity (Wildman–Crippen MR) is 105 cm³/mol. The number of rotatable bonds is 4. The first kappa shape index (κ1) is 19.2. The standard InChI is InChI=1S/C20H30N2O3S/c1-3-26(24,25)22-15(2)13-17-14-16(11-12-19(17)22)20(23)21-18-9-7-5-4-6-8-10-18/h11-12,14-15,18H,3-10,13H2,1-2H3,(H,21,23)/t15-/m0/s1. The van der Waals surface area contributed by atoms with E-state index in [0.717, 1.165) is 24.1 Å². The average molecular weight is 379 g/mol. The van der Waals surface area contributed by atoms with E-state index in [1.807, 2.05) is 13.0 Å². The molecule has 1 aromatic rings. The number of carbonyl (C=O) groups excluding carboxylic acids is 1. The molecule has 1 aromatic carbocycles. The third-order valence-corrected chi connectivity index (χ3v) is 7.49. The van der Waals surface area contributed by atoms with E-state index in [0.29, 0.717) is 12.0 Å². The fourth-order valence-electron chi connectivity index (χ4n) is 4.18. The quantitative estimate of drug-likeness (QED) is 0.870. The van der Waals surface area contributed by atoms with Crippen LogP contribution in [0.2, 0.25) is 0 Å². The van der Waals surface area contributed by atoms with Gasteiger partial charge in [-0.3, -0.25) is 9.10 Å². The molecule has 1 saturated carbocycles. The highest BCUT2D eigenvalue weighted by atomic mass is 32.2. The highest BCUT2D eigenvalue weighted by molar-refractivity contribution is 7.92. The van der Waals surface area contributed by atoms with Gasteiger partial charge in [0.05, 0.1) is 11.4 Å². The zero-order chi connectivity index (χ0) is 18.7. The van der Waals surface area contributed by atoms with Gasteiger partial charge in [0.25, 0.3) is 5.91 Å². The van der Waals surface area contributed by atoms with Gasteiger partial charge in [-0.15, -0.1) is 0 Å². The predicted octanol–water partition coefficient (Wildman–Crippen LogP) is 3.63. The normalized spacial score (nSPS) is 21.8. The van der Waals surface area contributed by atoms with Gasteiger partial charge in [0.2, 0.25) is 10.0 Å². The van der Waals surface area contributed by atoms with Crippen LogP contribution >= 0.6 is 0 Å². The Morgan fingerprint density at radius 1 is 1.15 bits per heavy atom. The van der Waals surface area contributed by atoms with Crippen molar-refractivity contribution in [3.8, 4) is 0 Å². The molecule has 1 heterocycles. The maximum Gasteiger partial charge on any atom is 0.251 e. The summed E-state index contributed by atoms with van der Waals surface area (Å²) in [6.45, 7) is 3.58. The molecule has 1 N–H and O–H groups in total. The minimum absolute atomic E-state index is 0.0391. The zero-order valence-corrected chi connectivity index (χ0v) is 16.6. The largest absolute Gasteiger partial charge is 0.349 e. The Hall–Kier alpha value is -1.56. The van der Waals surface area contributed by atoms with Crippen molar-refractivity contribution in [1.29, 1.82) is 0 Å². The Balaban J connectivity index is 1.75. The Morgan fingerprint density at radius 3 is 2.46 bits per heavy atom. The maximum absolute atomic E-state index is 12.7. The third kappa shape index (κ3) is 4.05. The summed E-state index contributed by atoms with van der Waals surface area (Å²) in [5.41, 5.74) is 2.30. The van der Waals surface area contributed by atoms with E-state index in [2.05, 4.69) is 5.32 Å². The number of nitrogens with one attached hydrogen (secondary N) is 1. The van der Waals surface area contributed by atoms with Crippen molar-refractivity contribution in [2.24, 2.45) is 0 Å². The lowest BCUT2D eigenvalue weighted by Gasteiger charge is -2.23. The molecule has 0 aromatic heterocycles. The van der Waals surface area contributed by atoms with Crippen molar-refractivity contribution in [3.05, 3.63) is 29.3 Å². The van der Waals surface area contributed by atoms with Crippen molar-refractivity contribution in [1.82, 2.24) is 5.32 Å². The van der Waals surface area contributed by atoms with Crippen LogP contribution in [-0.2, 0) is 16.4 Å². The molecule has 0 bridgehead atoms. The number of hydrogen-bond donors (Lipinski definition) is 1. The fourth-order valence-corrected chi connectivity index (χ4v) is 5.55. The van der Waals surface area contributed by atoms with Crippen LogP contribution in [0.3, 0.4) is 0 Å². The smallest absolute Gasteiger partial charge is 0.251 e. The molecule has 3 rings (SSSR count). The molecule has 144 valence electrons. The molecule has 0 saturated heterocycles. The molecule has 0 radical (unpaired) electrons. The van der Waals surface area contributed by atoms with E-state index < -0.39 is 10.0 Å². The van der Waals surface area contributed by atoms with E-state index in [1.165, 1.54) is 36.4 Å². The average Bonchev–Trinajstić information content (AvgIpc) is 2.92. The van der Waals surface area contributed by atoms with E-state index in [-0.39, 0.29) is 23.7 Å². The molecule has 6 heteroatoms. The second-order valence-corrected chi connectivity index (χ2v) is 9.74. The van der Waals surface area contributed by atoms with Gasteiger partial charge in [-0.05, 0) is 56.9 Å². The molecule has 1 fully saturated rings. The van der Waals surface area contributed by atoms with Crippen LogP contribution in [0.4, 0.5) is 5.69 Å². The SMILES string of the molecule is CCS(=O)(=O)N1c2ccc(C(=O)NC3CCCCCCC3)cc2C[C@@H]1C. The topological polar surface area (TPSA) is 66.5 Å². The molecule has 1 atom stereocenters. The van der Waals surface area contributed by atoms with Gasteiger partial charge in [0.1, 0.15) is 0 Å². The van der Waals surface area contributed by atoms with Crippen LogP contribution in [0, 0.1) is 0 Å². The number of carbonyl (C=O) groups is 1. The van der Waals surface area contributed by atoms with E-state index in [9.17, 15) is 13.2 Å². The van der Waals surface area contributed by atoms with Crippen LogP contribution in [0.15, 0.2) is 18.2 Å². The highest BCUT2D eigenvalue weighted by Gasteiger charge is 2.34. The van der Waals surface area contributed by atoms with Crippen molar-refractivity contribution in [2.45, 2.75) is 77.3 Å². The summed E-state index contributed by atoms with van der Waals surface area (Å²) in [6, 6.07) is 5.58. The van der Waals surface area contributed by atoms with Crippen molar-refractivity contribution in [2.75, 3.05) is 10.1 Å². The van der Waals surface area contributed by atoms with Crippen molar-refractivity contribution < 1.29 is 13.2 Å². The Morgan fingerprint density at radius 2 is 1.81 bits per heavy atom. The lowest BCUT2D eigenvalue weighted by Crippen LogP contribution is -2.36. The van der Waals surface area contributed by atoms with Gasteiger partial charge >= 0.3 is 0 Å². The van der Waals surface area contributed by atoms with Gasteiger partial charge in [0, 0.05) is 17.6 Å². The summed E-state index contributed by atoms with van der Waals surface area (Å²) in [7, 11) is -3.29. The molecule has 0 spiro atoms. The molecule has 5 nitrogen and oxygen atoms in total. The second kappa shape index (κ2) is 7.99. The number of sulfonamides is 1. The summed E-state index contributed by atoms with van der Waals surface area (Å²) < 4.78 is 26.2. The van der Waals surface area contributed by atoms with Crippen LogP contribution in [0.25, 0.3) is 0 Å². The second-order valence-electron chi connectivity index (χ2n) is 7.61. The summed E-state index contributed by atoms with van der Waals surface area (Å²) in [4.78, 5) is 12.7. The van der Waals surface area contributed by atoms with Gasteiger partial charge < -0.3 is 5.32 Å². The van der Waals surface area contributed by atoms with Crippen molar-refractivity contribution >= 4 is 21.6 Å². The first-order valence-electron chi connectivity index (χ1n) is 9.88. The minimum atomic E-state index is -3.29. The molecule has 26 heavy (non-hydrogen) atoms. The van der Waals surface area contributed by atoms with Crippen LogP contribution < -0.4 is 9.62 Å². The zero-order valence-electron chi connectivity index (χ0n) is 15.8. The van der Waals surface area contributed by atoms with E-state index >= 15 is 0 Å². The third-order valence-electron chi connectivity index (χ3n) is 5.60. The molecular weight excluding hydrogens is 348 g/mol. The number of hydrogen-bond acceptors (Lipinski definition) is 3. The minimum Gasteiger partial charge on any atom is -0.349 e. The number of benzene rings is 1. The molecule has 1 aliphatic carbocycles. The Bertz CT molecular complexity index is 752. The highest BCUT2D eigenvalue weighted by Crippen LogP contribution is 2.35. The Kier molecular flexibility index (Phi) is 5.90. The number of fused-ring (bicyclic) bond motifs is 1. The van der Waals surface area contributed by atoms with Crippen LogP contribution in [0.5, 0.6) is 0 Å². The summed E-state index contributed by atoms with van der Waals surface area (Å²) in [5, 5.41) is 3.19. The summed E-state index contributed by atoms with van der Waals surface area (Å²) in [6.07, 6.45) is 8.93. The first-order valence-corrected chi connectivity index (χ1v) is 11.5. The molecule has 1 aliphatic heterocycles. The lowest BCUT2D eigenvalue weighted by atomic mass is 9.96. The number of anilines is 1. The lowest BCUT2D eigenvalue weighted by molar-refractivity contribution is 0.0930. The molecule has 2 aliphatic rings. The number of amides is 1. The summed E-state index contributed by atoms with van der Waals surface area (Å²) >= 11 is 0. The van der Waals surface area contributed by atoms with Gasteiger partial charge in [-0.2, -0.15) is 0 Å². The van der Waals surface area contributed by atoms with Crippen molar-refractivity contribution in [3.63, 3.8) is 0 Å². The van der Waals surface area contributed by atoms with Gasteiger partial charge in [-0.1, -0.05) is 32.1 Å². The number of nitrogens with zero attached hydrogens (tertiary/aromatic N) is 1. The molecule has 1 amide bonds. The van der Waals surface area contributed by atoms with Gasteiger partial charge in [-0.25, -0.2) is 8.42 Å². The van der Waals surface area contributed by atoms with E-state index in [4.69, 9.17) is 0 Å². The molecular formula is C20H30N2O3S. The first-order chi connectivity index (χ1) is 12.4. The van der Waals surface area contributed by atoms with Crippen LogP contribution in [0.1, 0.15) is 74.7 Å². The van der Waals surface area contributed by atoms with Crippen LogP contribution in [-0.4, -0.2) is 32.2 Å². The monoisotopic (exact) mass is 378 g/mol. The van der Waals surface area contributed by atoms with E-state index in [1.54, 1.807) is 19.1 Å². The fraction of sp³-hybridized carbons (Fsp3) is 0.650. The summed E-state index contributed by atoms with van der Waals surface area (Å²) in [5.74, 6) is 0.0450. The van der Waals surface area contributed by atoms with Gasteiger partial charge in [0.15, 0.2) is 0 Å². The Labute approximate surface area is 157 Å².